The Morgan fingerprint density at radius 3 is 2.00 bits per heavy atom. The molecule has 14 heavy (non-hydrogen) atoms. The van der Waals surface area contributed by atoms with Gasteiger partial charge < -0.3 is 9.84 Å². The van der Waals surface area contributed by atoms with Gasteiger partial charge in [0.15, 0.2) is 5.41 Å². The molecular weight excluding hydrogens is 184 g/mol. The molecule has 0 unspecified atom stereocenters. The van der Waals surface area contributed by atoms with Crippen molar-refractivity contribution >= 4 is 11.9 Å². The van der Waals surface area contributed by atoms with Crippen molar-refractivity contribution in [2.75, 3.05) is 7.11 Å². The van der Waals surface area contributed by atoms with Crippen LogP contribution in [-0.4, -0.2) is 24.2 Å². The number of aliphatic carboxylic acids is 1. The average molecular weight is 200 g/mol. The largest absolute Gasteiger partial charge is 0.480 e. The van der Waals surface area contributed by atoms with E-state index < -0.39 is 17.4 Å². The van der Waals surface area contributed by atoms with E-state index in [9.17, 15) is 9.59 Å². The predicted octanol–water partition coefficient (Wildman–Crippen LogP) is 1.61. The monoisotopic (exact) mass is 200 g/mol. The van der Waals surface area contributed by atoms with Gasteiger partial charge in [-0.15, -0.1) is 13.2 Å². The molecule has 1 aliphatic carbocycles. The molecule has 0 aromatic carbocycles. The number of ether oxygens (including phenoxy) is 1. The van der Waals surface area contributed by atoms with Gasteiger partial charge in [-0.3, -0.25) is 9.59 Å². The molecule has 0 bridgehead atoms. The molecule has 1 rings (SSSR count). The minimum Gasteiger partial charge on any atom is -0.480 e. The van der Waals surface area contributed by atoms with Crippen LogP contribution in [0, 0.1) is 5.41 Å². The molecule has 0 spiro atoms. The van der Waals surface area contributed by atoms with Crippen molar-refractivity contribution < 1.29 is 19.4 Å². The maximum Gasteiger partial charge on any atom is 0.323 e. The van der Waals surface area contributed by atoms with Crippen molar-refractivity contribution in [3.63, 3.8) is 0 Å². The fraction of sp³-hybridized carbons (Fsp3) is 0.600. The Hall–Kier alpha value is -1.32. The zero-order chi connectivity index (χ0) is 11.2. The fourth-order valence-electron chi connectivity index (χ4n) is 1.68. The lowest BCUT2D eigenvalue weighted by molar-refractivity contribution is -0.166. The van der Waals surface area contributed by atoms with Crippen LogP contribution in [0.2, 0.25) is 0 Å². The topological polar surface area (TPSA) is 63.6 Å². The smallest absolute Gasteiger partial charge is 0.323 e. The first-order chi connectivity index (χ1) is 6.63. The number of carbonyl (C=O) groups is 2. The number of hydrogen-bond acceptors (Lipinski definition) is 3. The SMILES string of the molecule is C=C.COC(=O)C1(C(=O)O)CCCC1. The third-order valence-electron chi connectivity index (χ3n) is 2.44. The summed E-state index contributed by atoms with van der Waals surface area (Å²) in [4.78, 5) is 22.0. The molecule has 0 amide bonds. The lowest BCUT2D eigenvalue weighted by atomic mass is 9.86. The third kappa shape index (κ3) is 2.13. The first-order valence-electron chi connectivity index (χ1n) is 4.45. The Kier molecular flexibility index (Phi) is 4.91. The van der Waals surface area contributed by atoms with Gasteiger partial charge in [0.1, 0.15) is 0 Å². The lowest BCUT2D eigenvalue weighted by Crippen LogP contribution is -2.37. The molecule has 1 fully saturated rings. The normalized spacial score (nSPS) is 17.8. The molecule has 4 nitrogen and oxygen atoms in total. The van der Waals surface area contributed by atoms with Crippen molar-refractivity contribution in [3.8, 4) is 0 Å². The standard InChI is InChI=1S/C8H12O4.C2H4/c1-12-7(11)8(6(9)10)4-2-3-5-8;1-2/h2-5H2,1H3,(H,9,10);1-2H2. The molecular formula is C10H16O4. The number of rotatable bonds is 2. The quantitative estimate of drug-likeness (QED) is 0.418. The molecule has 4 heteroatoms. The number of methoxy groups -OCH3 is 1. The molecule has 0 atom stereocenters. The summed E-state index contributed by atoms with van der Waals surface area (Å²) in [7, 11) is 1.23. The van der Waals surface area contributed by atoms with Crippen molar-refractivity contribution in [1.29, 1.82) is 0 Å². The van der Waals surface area contributed by atoms with Crippen LogP contribution in [-0.2, 0) is 14.3 Å². The van der Waals surface area contributed by atoms with Crippen molar-refractivity contribution in [2.24, 2.45) is 5.41 Å². The van der Waals surface area contributed by atoms with Crippen LogP contribution in [0.5, 0.6) is 0 Å². The highest BCUT2D eigenvalue weighted by Crippen LogP contribution is 2.39. The Balaban J connectivity index is 0.000000791. The lowest BCUT2D eigenvalue weighted by Gasteiger charge is -2.19. The predicted molar refractivity (Wildman–Crippen MR) is 51.8 cm³/mol. The van der Waals surface area contributed by atoms with E-state index in [0.29, 0.717) is 12.8 Å². The van der Waals surface area contributed by atoms with E-state index in [1.807, 2.05) is 0 Å². The summed E-state index contributed by atoms with van der Waals surface area (Å²) in [6, 6.07) is 0. The van der Waals surface area contributed by atoms with Crippen LogP contribution < -0.4 is 0 Å². The van der Waals surface area contributed by atoms with Crippen LogP contribution in [0.4, 0.5) is 0 Å². The van der Waals surface area contributed by atoms with Gasteiger partial charge in [0.25, 0.3) is 0 Å². The Morgan fingerprint density at radius 2 is 1.71 bits per heavy atom. The molecule has 1 aliphatic rings. The van der Waals surface area contributed by atoms with Gasteiger partial charge >= 0.3 is 11.9 Å². The van der Waals surface area contributed by atoms with Crippen molar-refractivity contribution in [1.82, 2.24) is 0 Å². The van der Waals surface area contributed by atoms with Crippen molar-refractivity contribution in [3.05, 3.63) is 13.2 Å². The zero-order valence-electron chi connectivity index (χ0n) is 8.41. The number of esters is 1. The van der Waals surface area contributed by atoms with Crippen LogP contribution in [0.3, 0.4) is 0 Å². The van der Waals surface area contributed by atoms with E-state index >= 15 is 0 Å². The molecule has 0 heterocycles. The second-order valence-corrected chi connectivity index (χ2v) is 3.09. The van der Waals surface area contributed by atoms with E-state index in [-0.39, 0.29) is 0 Å². The van der Waals surface area contributed by atoms with Gasteiger partial charge in [-0.1, -0.05) is 12.8 Å². The molecule has 0 saturated heterocycles. The summed E-state index contributed by atoms with van der Waals surface area (Å²) in [6.07, 6.45) is 2.41. The number of carbonyl (C=O) groups excluding carboxylic acids is 1. The second kappa shape index (κ2) is 5.42. The van der Waals surface area contributed by atoms with Crippen LogP contribution >= 0.6 is 0 Å². The summed E-state index contributed by atoms with van der Waals surface area (Å²) < 4.78 is 4.48. The molecule has 0 radical (unpaired) electrons. The Morgan fingerprint density at radius 1 is 1.29 bits per heavy atom. The van der Waals surface area contributed by atoms with Gasteiger partial charge in [0.2, 0.25) is 0 Å². The van der Waals surface area contributed by atoms with E-state index in [2.05, 4.69) is 17.9 Å². The van der Waals surface area contributed by atoms with E-state index in [4.69, 9.17) is 5.11 Å². The summed E-state index contributed by atoms with van der Waals surface area (Å²) in [6.45, 7) is 6.00. The molecule has 0 aromatic heterocycles. The number of carboxylic acid groups (broad SMARTS) is 1. The van der Waals surface area contributed by atoms with Gasteiger partial charge in [-0.25, -0.2) is 0 Å². The highest BCUT2D eigenvalue weighted by Gasteiger charge is 2.49. The molecule has 1 saturated carbocycles. The molecule has 80 valence electrons. The zero-order valence-corrected chi connectivity index (χ0v) is 8.41. The first kappa shape index (κ1) is 12.7. The number of carboxylic acids is 1. The summed E-state index contributed by atoms with van der Waals surface area (Å²) in [5.74, 6) is -1.65. The Labute approximate surface area is 83.6 Å². The summed E-state index contributed by atoms with van der Waals surface area (Å²) >= 11 is 0. The molecule has 1 N–H and O–H groups in total. The van der Waals surface area contributed by atoms with E-state index in [1.165, 1.54) is 7.11 Å². The minimum absolute atomic E-state index is 0.412. The second-order valence-electron chi connectivity index (χ2n) is 3.09. The van der Waals surface area contributed by atoms with E-state index in [1.54, 1.807) is 0 Å². The molecule has 0 aliphatic heterocycles. The Bertz CT molecular complexity index is 216. The van der Waals surface area contributed by atoms with Crippen LogP contribution in [0.15, 0.2) is 13.2 Å². The van der Waals surface area contributed by atoms with Gasteiger partial charge in [-0.2, -0.15) is 0 Å². The number of hydrogen-bond donors (Lipinski definition) is 1. The van der Waals surface area contributed by atoms with Gasteiger partial charge in [0, 0.05) is 0 Å². The average Bonchev–Trinajstić information content (AvgIpc) is 2.69. The maximum absolute atomic E-state index is 11.2. The minimum atomic E-state index is -1.24. The fourth-order valence-corrected chi connectivity index (χ4v) is 1.68. The van der Waals surface area contributed by atoms with Crippen LogP contribution in [0.1, 0.15) is 25.7 Å². The maximum atomic E-state index is 11.2. The van der Waals surface area contributed by atoms with E-state index in [0.717, 1.165) is 12.8 Å². The highest BCUT2D eigenvalue weighted by molar-refractivity contribution is 5.99. The summed E-state index contributed by atoms with van der Waals surface area (Å²) in [5, 5.41) is 8.86. The highest BCUT2D eigenvalue weighted by atomic mass is 16.5. The van der Waals surface area contributed by atoms with Gasteiger partial charge in [0.05, 0.1) is 7.11 Å². The third-order valence-corrected chi connectivity index (χ3v) is 2.44. The first-order valence-corrected chi connectivity index (χ1v) is 4.45. The van der Waals surface area contributed by atoms with Crippen LogP contribution in [0.25, 0.3) is 0 Å². The summed E-state index contributed by atoms with van der Waals surface area (Å²) in [5.41, 5.74) is -1.24. The van der Waals surface area contributed by atoms with Gasteiger partial charge in [-0.05, 0) is 12.8 Å². The van der Waals surface area contributed by atoms with Crippen molar-refractivity contribution in [2.45, 2.75) is 25.7 Å². The molecule has 0 aromatic rings.